The summed E-state index contributed by atoms with van der Waals surface area (Å²) in [4.78, 5) is 6.86. The van der Waals surface area contributed by atoms with Gasteiger partial charge in [-0.05, 0) is 6.42 Å². The maximum absolute atomic E-state index is 5.66. The summed E-state index contributed by atoms with van der Waals surface area (Å²) in [6.07, 6.45) is 4.41. The zero-order chi connectivity index (χ0) is 6.69. The van der Waals surface area contributed by atoms with Crippen molar-refractivity contribution in [2.24, 2.45) is 5.73 Å². The molecule has 1 aromatic rings. The number of nitrogens with zero attached hydrogens (tertiary/aromatic N) is 1. The Morgan fingerprint density at radius 1 is 1.64 bits per heavy atom. The molecule has 0 aromatic carbocycles. The molecule has 0 saturated heterocycles. The van der Waals surface area contributed by atoms with E-state index in [1.165, 1.54) is 0 Å². The summed E-state index contributed by atoms with van der Waals surface area (Å²) in [5.41, 5.74) is 6.60. The van der Waals surface area contributed by atoms with Crippen molar-refractivity contribution in [1.82, 2.24) is 9.97 Å². The van der Waals surface area contributed by atoms with Gasteiger partial charge in [-0.2, -0.15) is 0 Å². The minimum atomic E-state index is 0. The van der Waals surface area contributed by atoms with Crippen molar-refractivity contribution in [3.8, 4) is 0 Å². The van der Waals surface area contributed by atoms with Crippen LogP contribution in [0.3, 0.4) is 0 Å². The van der Waals surface area contributed by atoms with Crippen molar-refractivity contribution < 1.29 is 0 Å². The molecule has 1 unspecified atom stereocenters. The van der Waals surface area contributed by atoms with Crippen molar-refractivity contribution in [1.29, 1.82) is 0 Å². The average molecular weight is 198 g/mol. The predicted molar refractivity (Wildman–Crippen MR) is 50.3 cm³/mol. The van der Waals surface area contributed by atoms with Gasteiger partial charge in [-0.1, -0.05) is 6.92 Å². The number of aromatic nitrogens is 2. The molecule has 11 heavy (non-hydrogen) atoms. The number of nitrogens with one attached hydrogen (secondary N) is 1. The molecule has 0 bridgehead atoms. The third-order valence-electron chi connectivity index (χ3n) is 1.34. The number of hydrogen-bond donors (Lipinski definition) is 2. The third-order valence-corrected chi connectivity index (χ3v) is 1.34. The zero-order valence-electron chi connectivity index (χ0n) is 6.28. The first-order valence-electron chi connectivity index (χ1n) is 3.09. The van der Waals surface area contributed by atoms with Crippen molar-refractivity contribution in [2.75, 3.05) is 0 Å². The van der Waals surface area contributed by atoms with E-state index < -0.39 is 0 Å². The van der Waals surface area contributed by atoms with Crippen molar-refractivity contribution in [2.45, 2.75) is 19.4 Å². The number of rotatable bonds is 2. The fraction of sp³-hybridized carbons (Fsp3) is 0.500. The SMILES string of the molecule is CCC(N)c1c[nH]cn1.Cl.Cl. The van der Waals surface area contributed by atoms with E-state index in [4.69, 9.17) is 5.73 Å². The lowest BCUT2D eigenvalue weighted by molar-refractivity contribution is 0.680. The number of imidazole rings is 1. The van der Waals surface area contributed by atoms with Crippen molar-refractivity contribution in [3.05, 3.63) is 18.2 Å². The predicted octanol–water partition coefficient (Wildman–Crippen LogP) is 1.66. The van der Waals surface area contributed by atoms with Crippen LogP contribution in [-0.2, 0) is 0 Å². The average Bonchev–Trinajstić information content (AvgIpc) is 2.37. The van der Waals surface area contributed by atoms with Gasteiger partial charge >= 0.3 is 0 Å². The van der Waals surface area contributed by atoms with Gasteiger partial charge < -0.3 is 10.7 Å². The minimum Gasteiger partial charge on any atom is -0.351 e. The zero-order valence-corrected chi connectivity index (χ0v) is 7.91. The molecule has 1 rings (SSSR count). The molecule has 0 radical (unpaired) electrons. The molecule has 0 aliphatic heterocycles. The van der Waals surface area contributed by atoms with Crippen LogP contribution in [0.1, 0.15) is 25.1 Å². The van der Waals surface area contributed by atoms with Gasteiger partial charge in [-0.15, -0.1) is 24.8 Å². The summed E-state index contributed by atoms with van der Waals surface area (Å²) in [5.74, 6) is 0. The summed E-state index contributed by atoms with van der Waals surface area (Å²) in [7, 11) is 0. The van der Waals surface area contributed by atoms with E-state index in [0.29, 0.717) is 0 Å². The van der Waals surface area contributed by atoms with Gasteiger partial charge in [-0.25, -0.2) is 4.98 Å². The monoisotopic (exact) mass is 197 g/mol. The van der Waals surface area contributed by atoms with E-state index in [2.05, 4.69) is 9.97 Å². The van der Waals surface area contributed by atoms with Crippen LogP contribution in [0.5, 0.6) is 0 Å². The lowest BCUT2D eigenvalue weighted by atomic mass is 10.2. The Balaban J connectivity index is 0. The Bertz CT molecular complexity index is 164. The summed E-state index contributed by atoms with van der Waals surface area (Å²) in [6.45, 7) is 2.04. The first-order chi connectivity index (χ1) is 4.34. The first-order valence-corrected chi connectivity index (χ1v) is 3.09. The number of hydrogen-bond acceptors (Lipinski definition) is 2. The quantitative estimate of drug-likeness (QED) is 0.759. The van der Waals surface area contributed by atoms with Crippen molar-refractivity contribution in [3.63, 3.8) is 0 Å². The summed E-state index contributed by atoms with van der Waals surface area (Å²) < 4.78 is 0. The van der Waals surface area contributed by atoms with Gasteiger partial charge in [-0.3, -0.25) is 0 Å². The van der Waals surface area contributed by atoms with Gasteiger partial charge in [0.1, 0.15) is 0 Å². The van der Waals surface area contributed by atoms with Gasteiger partial charge in [0.05, 0.1) is 12.0 Å². The Labute approximate surface area is 78.6 Å². The normalized spacial score (nSPS) is 11.1. The van der Waals surface area contributed by atoms with Crippen LogP contribution in [0, 0.1) is 0 Å². The Morgan fingerprint density at radius 3 is 2.64 bits per heavy atom. The van der Waals surface area contributed by atoms with E-state index in [1.54, 1.807) is 6.33 Å². The molecular weight excluding hydrogens is 185 g/mol. The van der Waals surface area contributed by atoms with Crippen LogP contribution in [0.15, 0.2) is 12.5 Å². The van der Waals surface area contributed by atoms with Gasteiger partial charge in [0.15, 0.2) is 0 Å². The molecular formula is C6H13Cl2N3. The molecule has 3 N–H and O–H groups in total. The molecule has 66 valence electrons. The highest BCUT2D eigenvalue weighted by Crippen LogP contribution is 2.07. The molecule has 0 amide bonds. The van der Waals surface area contributed by atoms with E-state index in [0.717, 1.165) is 12.1 Å². The molecule has 1 heterocycles. The summed E-state index contributed by atoms with van der Waals surface area (Å²) >= 11 is 0. The third kappa shape index (κ3) is 3.60. The van der Waals surface area contributed by atoms with Crippen LogP contribution in [0.4, 0.5) is 0 Å². The lowest BCUT2D eigenvalue weighted by Gasteiger charge is -2.01. The maximum Gasteiger partial charge on any atom is 0.0923 e. The van der Waals surface area contributed by atoms with Crippen molar-refractivity contribution >= 4 is 24.8 Å². The van der Waals surface area contributed by atoms with Crippen LogP contribution in [0.2, 0.25) is 0 Å². The van der Waals surface area contributed by atoms with Crippen LogP contribution < -0.4 is 5.73 Å². The fourth-order valence-corrected chi connectivity index (χ4v) is 0.684. The highest BCUT2D eigenvalue weighted by atomic mass is 35.5. The number of nitrogens with two attached hydrogens (primary N) is 1. The maximum atomic E-state index is 5.66. The van der Waals surface area contributed by atoms with E-state index in [9.17, 15) is 0 Å². The molecule has 0 saturated carbocycles. The second-order valence-electron chi connectivity index (χ2n) is 2.01. The Hall–Kier alpha value is -0.250. The molecule has 1 aromatic heterocycles. The highest BCUT2D eigenvalue weighted by molar-refractivity contribution is 5.85. The standard InChI is InChI=1S/C6H11N3.2ClH/c1-2-5(7)6-3-8-4-9-6;;/h3-5H,2,7H2,1H3,(H,8,9);2*1H. The number of H-pyrrole nitrogens is 1. The molecule has 1 atom stereocenters. The molecule has 5 heteroatoms. The smallest absolute Gasteiger partial charge is 0.0923 e. The molecule has 0 spiro atoms. The van der Waals surface area contributed by atoms with E-state index in [1.807, 2.05) is 13.1 Å². The molecule has 0 aliphatic carbocycles. The Kier molecular flexibility index (Phi) is 7.84. The molecule has 0 aliphatic rings. The number of halogens is 2. The lowest BCUT2D eigenvalue weighted by Crippen LogP contribution is -2.08. The van der Waals surface area contributed by atoms with E-state index in [-0.39, 0.29) is 30.9 Å². The molecule has 3 nitrogen and oxygen atoms in total. The fourth-order valence-electron chi connectivity index (χ4n) is 0.684. The highest BCUT2D eigenvalue weighted by Gasteiger charge is 2.02. The first kappa shape index (κ1) is 13.3. The van der Waals surface area contributed by atoms with Crippen LogP contribution in [-0.4, -0.2) is 9.97 Å². The minimum absolute atomic E-state index is 0. The van der Waals surface area contributed by atoms with Gasteiger partial charge in [0.25, 0.3) is 0 Å². The van der Waals surface area contributed by atoms with Crippen LogP contribution >= 0.6 is 24.8 Å². The van der Waals surface area contributed by atoms with Gasteiger partial charge in [0.2, 0.25) is 0 Å². The summed E-state index contributed by atoms with van der Waals surface area (Å²) in [6, 6.07) is 0.0937. The molecule has 0 fully saturated rings. The topological polar surface area (TPSA) is 54.7 Å². The second kappa shape index (κ2) is 6.46. The van der Waals surface area contributed by atoms with E-state index >= 15 is 0 Å². The second-order valence-corrected chi connectivity index (χ2v) is 2.01. The van der Waals surface area contributed by atoms with Gasteiger partial charge in [0, 0.05) is 12.2 Å². The summed E-state index contributed by atoms with van der Waals surface area (Å²) in [5, 5.41) is 0. The Morgan fingerprint density at radius 2 is 2.27 bits per heavy atom. The largest absolute Gasteiger partial charge is 0.351 e. The van der Waals surface area contributed by atoms with Crippen LogP contribution in [0.25, 0.3) is 0 Å². The number of aromatic amines is 1.